The summed E-state index contributed by atoms with van der Waals surface area (Å²) < 4.78 is 10.5. The topological polar surface area (TPSA) is 97.2 Å². The number of carbonyl (C=O) groups excluding carboxylic acids is 2. The van der Waals surface area contributed by atoms with Crippen LogP contribution in [0.25, 0.3) is 0 Å². The molecule has 0 spiro atoms. The molecule has 1 aliphatic carbocycles. The van der Waals surface area contributed by atoms with E-state index in [0.717, 1.165) is 6.42 Å². The molecule has 1 amide bonds. The average Bonchev–Trinajstić information content (AvgIpc) is 3.12. The van der Waals surface area contributed by atoms with Gasteiger partial charge in [-0.15, -0.1) is 0 Å². The van der Waals surface area contributed by atoms with Crippen molar-refractivity contribution in [3.8, 4) is 0 Å². The van der Waals surface area contributed by atoms with Gasteiger partial charge in [0.2, 0.25) is 5.91 Å². The summed E-state index contributed by atoms with van der Waals surface area (Å²) in [5, 5.41) is 8.79. The lowest BCUT2D eigenvalue weighted by molar-refractivity contribution is -0.144. The monoisotopic (exact) mass is 352 g/mol. The first-order chi connectivity index (χ1) is 12.1. The maximum Gasteiger partial charge on any atom is 0.334 e. The van der Waals surface area contributed by atoms with Gasteiger partial charge in [-0.05, 0) is 19.3 Å². The Morgan fingerprint density at radius 1 is 1.40 bits per heavy atom. The van der Waals surface area contributed by atoms with E-state index in [9.17, 15) is 9.59 Å². The zero-order valence-electron chi connectivity index (χ0n) is 14.8. The summed E-state index contributed by atoms with van der Waals surface area (Å²) in [4.78, 5) is 27.6. The molecule has 2 atom stereocenters. The van der Waals surface area contributed by atoms with Crippen molar-refractivity contribution in [2.24, 2.45) is 16.8 Å². The molecule has 0 aromatic rings. The fourth-order valence-corrected chi connectivity index (χ4v) is 3.30. The number of aliphatic imine (C=N–C) groups is 1. The average molecular weight is 352 g/mol. The molecule has 1 heterocycles. The quantitative estimate of drug-likeness (QED) is 0.302. The minimum Gasteiger partial charge on any atom is -0.478 e. The molecule has 140 valence electrons. The van der Waals surface area contributed by atoms with E-state index < -0.39 is 23.8 Å². The number of hydroxylamine groups is 1. The van der Waals surface area contributed by atoms with Gasteiger partial charge in [0.1, 0.15) is 6.61 Å². The number of nitrogens with one attached hydrogen (secondary N) is 1. The van der Waals surface area contributed by atoms with Crippen LogP contribution in [0.3, 0.4) is 0 Å². The summed E-state index contributed by atoms with van der Waals surface area (Å²) in [7, 11) is 0. The maximum atomic E-state index is 11.8. The molecule has 2 N–H and O–H groups in total. The second kappa shape index (κ2) is 10.2. The Hall–Kier alpha value is -1.89. The van der Waals surface area contributed by atoms with Crippen LogP contribution in [0, 0.1) is 11.8 Å². The third kappa shape index (κ3) is 6.16. The zero-order valence-corrected chi connectivity index (χ0v) is 14.8. The van der Waals surface area contributed by atoms with E-state index in [1.165, 1.54) is 32.1 Å². The molecule has 7 nitrogen and oxygen atoms in total. The van der Waals surface area contributed by atoms with Crippen molar-refractivity contribution in [2.45, 2.75) is 57.9 Å². The highest BCUT2D eigenvalue weighted by Gasteiger charge is 2.31. The highest BCUT2D eigenvalue weighted by atomic mass is 16.5. The van der Waals surface area contributed by atoms with Gasteiger partial charge in [0, 0.05) is 6.42 Å². The molecule has 1 saturated carbocycles. The Bertz CT molecular complexity index is 512. The molecule has 1 aliphatic heterocycles. The molecule has 0 radical (unpaired) electrons. The molecule has 0 aromatic carbocycles. The molecule has 2 rings (SSSR count). The van der Waals surface area contributed by atoms with Gasteiger partial charge in [-0.2, -0.15) is 0 Å². The third-order valence-electron chi connectivity index (χ3n) is 4.64. The summed E-state index contributed by atoms with van der Waals surface area (Å²) in [6, 6.07) is -0.679. The molecular weight excluding hydrogens is 324 g/mol. The van der Waals surface area contributed by atoms with E-state index >= 15 is 0 Å². The Morgan fingerprint density at radius 3 is 2.84 bits per heavy atom. The Labute approximate surface area is 148 Å². The third-order valence-corrected chi connectivity index (χ3v) is 4.64. The molecule has 0 saturated heterocycles. The van der Waals surface area contributed by atoms with Gasteiger partial charge < -0.3 is 9.47 Å². The Kier molecular flexibility index (Phi) is 7.91. The van der Waals surface area contributed by atoms with Gasteiger partial charge in [0.25, 0.3) is 0 Å². The van der Waals surface area contributed by atoms with Crippen LogP contribution in [0.5, 0.6) is 0 Å². The van der Waals surface area contributed by atoms with Crippen LogP contribution >= 0.6 is 0 Å². The summed E-state index contributed by atoms with van der Waals surface area (Å²) in [5.41, 5.74) is 1.64. The van der Waals surface area contributed by atoms with Crippen molar-refractivity contribution in [3.05, 3.63) is 12.2 Å². The number of amides is 1. The number of rotatable bonds is 8. The van der Waals surface area contributed by atoms with Crippen molar-refractivity contribution in [1.82, 2.24) is 5.48 Å². The first kappa shape index (κ1) is 19.4. The minimum atomic E-state index is -0.679. The van der Waals surface area contributed by atoms with E-state index in [-0.39, 0.29) is 19.6 Å². The Morgan fingerprint density at radius 2 is 2.16 bits per heavy atom. The molecule has 2 aliphatic rings. The van der Waals surface area contributed by atoms with Crippen LogP contribution < -0.4 is 5.48 Å². The van der Waals surface area contributed by atoms with Gasteiger partial charge in [-0.3, -0.25) is 10.0 Å². The zero-order chi connectivity index (χ0) is 18.1. The number of esters is 1. The first-order valence-corrected chi connectivity index (χ1v) is 9.10. The smallest absolute Gasteiger partial charge is 0.334 e. The van der Waals surface area contributed by atoms with Crippen LogP contribution in [0.1, 0.15) is 51.9 Å². The summed E-state index contributed by atoms with van der Waals surface area (Å²) in [5.74, 6) is -0.292. The van der Waals surface area contributed by atoms with E-state index in [4.69, 9.17) is 14.7 Å². The lowest BCUT2D eigenvalue weighted by Gasteiger charge is -2.20. The Balaban J connectivity index is 1.98. The summed E-state index contributed by atoms with van der Waals surface area (Å²) >= 11 is 0. The number of nitrogens with zero attached hydrogens (tertiary/aromatic N) is 1. The normalized spacial score (nSPS) is 22.3. The number of hydrogen-bond acceptors (Lipinski definition) is 6. The maximum absolute atomic E-state index is 11.8. The summed E-state index contributed by atoms with van der Waals surface area (Å²) in [6.45, 7) is 2.15. The largest absolute Gasteiger partial charge is 0.478 e. The van der Waals surface area contributed by atoms with Crippen LogP contribution in [0.2, 0.25) is 0 Å². The van der Waals surface area contributed by atoms with Crippen molar-refractivity contribution < 1.29 is 24.3 Å². The molecule has 0 aromatic heterocycles. The van der Waals surface area contributed by atoms with Crippen LogP contribution in [-0.4, -0.2) is 42.2 Å². The molecule has 1 fully saturated rings. The molecule has 7 heteroatoms. The molecule has 25 heavy (non-hydrogen) atoms. The highest BCUT2D eigenvalue weighted by molar-refractivity contribution is 5.90. The van der Waals surface area contributed by atoms with Crippen molar-refractivity contribution in [2.75, 3.05) is 13.2 Å². The van der Waals surface area contributed by atoms with Gasteiger partial charge in [0.15, 0.2) is 11.9 Å². The fraction of sp³-hybridized carbons (Fsp3) is 0.722. The van der Waals surface area contributed by atoms with E-state index in [1.54, 1.807) is 12.4 Å². The standard InChI is InChI=1S/C18H28N2O5/c1-2-24-18(22)15-12-25-17(19-15)14(11-16(21)20-23)10-6-9-13-7-4-3-5-8-13/h6,10,13-15,23H,2-5,7-9,11-12H2,1H3,(H,20,21)/b10-6+/t14-,15?/m1/s1. The molecule has 1 unspecified atom stereocenters. The van der Waals surface area contributed by atoms with Crippen molar-refractivity contribution >= 4 is 17.8 Å². The predicted octanol–water partition coefficient (Wildman–Crippen LogP) is 2.39. The van der Waals surface area contributed by atoms with Crippen molar-refractivity contribution in [3.63, 3.8) is 0 Å². The minimum absolute atomic E-state index is 0.0199. The number of hydrogen-bond donors (Lipinski definition) is 2. The van der Waals surface area contributed by atoms with Crippen LogP contribution in [0.4, 0.5) is 0 Å². The second-order valence-electron chi connectivity index (χ2n) is 6.56. The van der Waals surface area contributed by atoms with Crippen LogP contribution in [-0.2, 0) is 19.1 Å². The first-order valence-electron chi connectivity index (χ1n) is 9.10. The lowest BCUT2D eigenvalue weighted by Crippen LogP contribution is -2.25. The van der Waals surface area contributed by atoms with Crippen molar-refractivity contribution in [1.29, 1.82) is 0 Å². The van der Waals surface area contributed by atoms with E-state index in [2.05, 4.69) is 11.1 Å². The summed E-state index contributed by atoms with van der Waals surface area (Å²) in [6.07, 6.45) is 11.3. The molecule has 0 bridgehead atoms. The molecular formula is C18H28N2O5. The van der Waals surface area contributed by atoms with Gasteiger partial charge in [-0.25, -0.2) is 15.3 Å². The van der Waals surface area contributed by atoms with E-state index in [0.29, 0.717) is 11.8 Å². The SMILES string of the molecule is CCOC(=O)C1COC([C@H](/C=C/CC2CCCCC2)CC(=O)NO)=N1. The highest BCUT2D eigenvalue weighted by Crippen LogP contribution is 2.27. The number of ether oxygens (including phenoxy) is 2. The number of allylic oxidation sites excluding steroid dienone is 1. The van der Waals surface area contributed by atoms with Gasteiger partial charge >= 0.3 is 5.97 Å². The van der Waals surface area contributed by atoms with Gasteiger partial charge in [-0.1, -0.05) is 44.3 Å². The fourth-order valence-electron chi connectivity index (χ4n) is 3.30. The van der Waals surface area contributed by atoms with E-state index in [1.807, 2.05) is 6.08 Å². The predicted molar refractivity (Wildman–Crippen MR) is 92.2 cm³/mol. The number of carbonyl (C=O) groups is 2. The van der Waals surface area contributed by atoms with Gasteiger partial charge in [0.05, 0.1) is 12.5 Å². The second-order valence-corrected chi connectivity index (χ2v) is 6.56. The lowest BCUT2D eigenvalue weighted by atomic mass is 9.86. The van der Waals surface area contributed by atoms with Crippen LogP contribution in [0.15, 0.2) is 17.1 Å².